The van der Waals surface area contributed by atoms with E-state index in [1.807, 2.05) is 59.4 Å². The highest BCUT2D eigenvalue weighted by atomic mass is 16.3. The number of hydrogen-bond acceptors (Lipinski definition) is 3. The first-order valence-electron chi connectivity index (χ1n) is 6.97. The molecule has 0 aliphatic heterocycles. The molecule has 0 unspecified atom stereocenters. The predicted octanol–water partition coefficient (Wildman–Crippen LogP) is 2.14. The highest BCUT2D eigenvalue weighted by Gasteiger charge is 2.05. The van der Waals surface area contributed by atoms with Gasteiger partial charge in [-0.15, -0.1) is 0 Å². The molecule has 1 aromatic heterocycles. The molecule has 6 heteroatoms. The van der Waals surface area contributed by atoms with Gasteiger partial charge in [-0.05, 0) is 30.3 Å². The number of hydrogen-bond donors (Lipinski definition) is 3. The minimum absolute atomic E-state index is 0.0846. The van der Waals surface area contributed by atoms with Gasteiger partial charge in [0.15, 0.2) is 0 Å². The molecule has 22 heavy (non-hydrogen) atoms. The minimum Gasteiger partial charge on any atom is -0.395 e. The van der Waals surface area contributed by atoms with E-state index in [9.17, 15) is 4.79 Å². The van der Waals surface area contributed by atoms with E-state index in [1.54, 1.807) is 0 Å². The molecule has 0 aliphatic carbocycles. The second-order valence-corrected chi connectivity index (χ2v) is 4.77. The average molecular weight is 296 g/mol. The lowest BCUT2D eigenvalue weighted by Crippen LogP contribution is -2.30. The van der Waals surface area contributed by atoms with Crippen LogP contribution in [0, 0.1) is 0 Å². The van der Waals surface area contributed by atoms with Crippen LogP contribution in [0.3, 0.4) is 0 Å². The summed E-state index contributed by atoms with van der Waals surface area (Å²) in [5.41, 5.74) is 2.63. The van der Waals surface area contributed by atoms with Gasteiger partial charge in [0.05, 0.1) is 24.0 Å². The molecule has 3 N–H and O–H groups in total. The number of para-hydroxylation sites is 1. The summed E-state index contributed by atoms with van der Waals surface area (Å²) in [7, 11) is 0. The smallest absolute Gasteiger partial charge is 0.319 e. The summed E-state index contributed by atoms with van der Waals surface area (Å²) in [5, 5.41) is 19.3. The first-order valence-corrected chi connectivity index (χ1v) is 6.97. The molecule has 3 rings (SSSR count). The van der Waals surface area contributed by atoms with Crippen LogP contribution in [0.2, 0.25) is 0 Å². The Balaban J connectivity index is 1.78. The summed E-state index contributed by atoms with van der Waals surface area (Å²) in [4.78, 5) is 11.5. The Hall–Kier alpha value is -2.86. The Kier molecular flexibility index (Phi) is 4.02. The number of fused-ring (bicyclic) bond motifs is 1. The van der Waals surface area contributed by atoms with Gasteiger partial charge in [-0.3, -0.25) is 0 Å². The third-order valence-corrected chi connectivity index (χ3v) is 3.24. The van der Waals surface area contributed by atoms with Gasteiger partial charge < -0.3 is 15.7 Å². The number of carbonyl (C=O) groups excluding carboxylic acids is 1. The number of amides is 2. The molecule has 3 aromatic rings. The molecule has 0 bridgehead atoms. The maximum atomic E-state index is 11.5. The van der Waals surface area contributed by atoms with Crippen LogP contribution in [-0.2, 0) is 0 Å². The van der Waals surface area contributed by atoms with Gasteiger partial charge >= 0.3 is 6.03 Å². The summed E-state index contributed by atoms with van der Waals surface area (Å²) < 4.78 is 1.85. The topological polar surface area (TPSA) is 79.2 Å². The van der Waals surface area contributed by atoms with Crippen molar-refractivity contribution in [3.63, 3.8) is 0 Å². The van der Waals surface area contributed by atoms with Crippen LogP contribution in [-0.4, -0.2) is 34.1 Å². The lowest BCUT2D eigenvalue weighted by Gasteiger charge is -2.08. The van der Waals surface area contributed by atoms with Crippen molar-refractivity contribution in [1.82, 2.24) is 15.1 Å². The van der Waals surface area contributed by atoms with Crippen LogP contribution >= 0.6 is 0 Å². The summed E-state index contributed by atoms with van der Waals surface area (Å²) in [6, 6.07) is 15.0. The second-order valence-electron chi connectivity index (χ2n) is 4.77. The van der Waals surface area contributed by atoms with E-state index in [0.717, 1.165) is 16.6 Å². The minimum atomic E-state index is -0.341. The molecule has 2 aromatic carbocycles. The number of urea groups is 1. The Labute approximate surface area is 127 Å². The maximum Gasteiger partial charge on any atom is 0.319 e. The first-order chi connectivity index (χ1) is 10.8. The van der Waals surface area contributed by atoms with Gasteiger partial charge in [0.25, 0.3) is 0 Å². The largest absolute Gasteiger partial charge is 0.395 e. The number of nitrogens with zero attached hydrogens (tertiary/aromatic N) is 2. The molecule has 0 atom stereocenters. The van der Waals surface area contributed by atoms with E-state index < -0.39 is 0 Å². The molecular formula is C16H16N4O2. The zero-order chi connectivity index (χ0) is 15.4. The zero-order valence-electron chi connectivity index (χ0n) is 11.9. The van der Waals surface area contributed by atoms with Crippen molar-refractivity contribution < 1.29 is 9.90 Å². The third-order valence-electron chi connectivity index (χ3n) is 3.24. The van der Waals surface area contributed by atoms with E-state index in [2.05, 4.69) is 15.7 Å². The molecule has 6 nitrogen and oxygen atoms in total. The SMILES string of the molecule is O=C(NCCO)Nc1ccc(-n2ncc3ccccc32)cc1. The summed E-state index contributed by atoms with van der Waals surface area (Å²) in [6.07, 6.45) is 1.82. The summed E-state index contributed by atoms with van der Waals surface area (Å²) >= 11 is 0. The van der Waals surface area contributed by atoms with Crippen molar-refractivity contribution in [3.05, 3.63) is 54.7 Å². The molecule has 0 radical (unpaired) electrons. The van der Waals surface area contributed by atoms with Gasteiger partial charge in [0.2, 0.25) is 0 Å². The number of anilines is 1. The fraction of sp³-hybridized carbons (Fsp3) is 0.125. The molecule has 0 spiro atoms. The van der Waals surface area contributed by atoms with Crippen LogP contribution < -0.4 is 10.6 Å². The molecule has 2 amide bonds. The fourth-order valence-electron chi connectivity index (χ4n) is 2.21. The highest BCUT2D eigenvalue weighted by Crippen LogP contribution is 2.19. The van der Waals surface area contributed by atoms with Crippen molar-refractivity contribution in [3.8, 4) is 5.69 Å². The van der Waals surface area contributed by atoms with E-state index in [-0.39, 0.29) is 19.2 Å². The number of aromatic nitrogens is 2. The van der Waals surface area contributed by atoms with Crippen molar-refractivity contribution >= 4 is 22.6 Å². The summed E-state index contributed by atoms with van der Waals surface area (Å²) in [6.45, 7) is 0.141. The van der Waals surface area contributed by atoms with Crippen LogP contribution in [0.25, 0.3) is 16.6 Å². The quantitative estimate of drug-likeness (QED) is 0.690. The van der Waals surface area contributed by atoms with Crippen molar-refractivity contribution in [1.29, 1.82) is 0 Å². The number of benzene rings is 2. The van der Waals surface area contributed by atoms with Gasteiger partial charge in [0.1, 0.15) is 0 Å². The predicted molar refractivity (Wildman–Crippen MR) is 85.2 cm³/mol. The van der Waals surface area contributed by atoms with Crippen LogP contribution in [0.5, 0.6) is 0 Å². The Morgan fingerprint density at radius 3 is 2.68 bits per heavy atom. The maximum absolute atomic E-state index is 11.5. The van der Waals surface area contributed by atoms with Crippen LogP contribution in [0.15, 0.2) is 54.7 Å². The van der Waals surface area contributed by atoms with Crippen LogP contribution in [0.1, 0.15) is 0 Å². The fourth-order valence-corrected chi connectivity index (χ4v) is 2.21. The molecule has 0 aliphatic rings. The van der Waals surface area contributed by atoms with E-state index in [1.165, 1.54) is 0 Å². The van der Waals surface area contributed by atoms with Gasteiger partial charge in [-0.25, -0.2) is 9.48 Å². The number of nitrogens with one attached hydrogen (secondary N) is 2. The van der Waals surface area contributed by atoms with Crippen molar-refractivity contribution in [2.75, 3.05) is 18.5 Å². The lowest BCUT2D eigenvalue weighted by atomic mass is 10.2. The zero-order valence-corrected chi connectivity index (χ0v) is 11.9. The summed E-state index contributed by atoms with van der Waals surface area (Å²) in [5.74, 6) is 0. The highest BCUT2D eigenvalue weighted by molar-refractivity contribution is 5.89. The standard InChI is InChI=1S/C16H16N4O2/c21-10-9-17-16(22)19-13-5-7-14(8-6-13)20-15-4-2-1-3-12(15)11-18-20/h1-8,11,21H,9-10H2,(H2,17,19,22). The Morgan fingerprint density at radius 2 is 1.91 bits per heavy atom. The molecule has 0 fully saturated rings. The monoisotopic (exact) mass is 296 g/mol. The first kappa shape index (κ1) is 14.1. The van der Waals surface area contributed by atoms with Gasteiger partial charge in [-0.1, -0.05) is 18.2 Å². The number of rotatable bonds is 4. The van der Waals surface area contributed by atoms with Gasteiger partial charge in [-0.2, -0.15) is 5.10 Å². The number of aliphatic hydroxyl groups is 1. The average Bonchev–Trinajstić information content (AvgIpc) is 2.98. The van der Waals surface area contributed by atoms with Crippen molar-refractivity contribution in [2.45, 2.75) is 0 Å². The van der Waals surface area contributed by atoms with Crippen molar-refractivity contribution in [2.24, 2.45) is 0 Å². The van der Waals surface area contributed by atoms with E-state index in [4.69, 9.17) is 5.11 Å². The number of aliphatic hydroxyl groups excluding tert-OH is 1. The van der Waals surface area contributed by atoms with Crippen LogP contribution in [0.4, 0.5) is 10.5 Å². The molecule has 0 saturated carbocycles. The lowest BCUT2D eigenvalue weighted by molar-refractivity contribution is 0.245. The normalized spacial score (nSPS) is 10.6. The Bertz CT molecular complexity index is 780. The third kappa shape index (κ3) is 2.91. The molecular weight excluding hydrogens is 280 g/mol. The Morgan fingerprint density at radius 1 is 1.14 bits per heavy atom. The molecule has 1 heterocycles. The number of carbonyl (C=O) groups is 1. The second kappa shape index (κ2) is 6.28. The van der Waals surface area contributed by atoms with E-state index >= 15 is 0 Å². The molecule has 0 saturated heterocycles. The van der Waals surface area contributed by atoms with Gasteiger partial charge in [0, 0.05) is 17.6 Å². The van der Waals surface area contributed by atoms with E-state index in [0.29, 0.717) is 5.69 Å². The molecule has 112 valence electrons.